The van der Waals surface area contributed by atoms with E-state index in [0.717, 1.165) is 9.98 Å². The van der Waals surface area contributed by atoms with Crippen molar-refractivity contribution in [1.82, 2.24) is 19.0 Å². The van der Waals surface area contributed by atoms with Crippen molar-refractivity contribution in [3.8, 4) is 0 Å². The Balaban J connectivity index is 1.54. The SMILES string of the molecule is C[C@@H](N)CN1[C@@H](Cc2ccccc2)CN(NC(=O)[C@H]2CN(Cc3ccc(F)cc3)C(=O)[C@H]2C(O)CCCCN)S1(=O)=O. The van der Waals surface area contributed by atoms with Crippen LogP contribution in [0.5, 0.6) is 0 Å². The van der Waals surface area contributed by atoms with Crippen LogP contribution in [0.1, 0.15) is 37.3 Å². The number of halogens is 1. The van der Waals surface area contributed by atoms with Gasteiger partial charge in [-0.15, -0.1) is 0 Å². The Bertz CT molecular complexity index is 1310. The van der Waals surface area contributed by atoms with Crippen molar-refractivity contribution in [1.29, 1.82) is 0 Å². The number of rotatable bonds is 13. The smallest absolute Gasteiger partial charge is 0.299 e. The van der Waals surface area contributed by atoms with E-state index in [2.05, 4.69) is 5.43 Å². The molecule has 2 heterocycles. The Morgan fingerprint density at radius 3 is 2.43 bits per heavy atom. The predicted molar refractivity (Wildman–Crippen MR) is 156 cm³/mol. The highest BCUT2D eigenvalue weighted by Gasteiger charge is 2.50. The lowest BCUT2D eigenvalue weighted by Crippen LogP contribution is -2.50. The van der Waals surface area contributed by atoms with E-state index < -0.39 is 57.9 Å². The molecule has 2 aliphatic rings. The van der Waals surface area contributed by atoms with Crippen LogP contribution >= 0.6 is 0 Å². The number of benzene rings is 2. The van der Waals surface area contributed by atoms with E-state index in [1.165, 1.54) is 21.3 Å². The molecule has 0 saturated carbocycles. The third kappa shape index (κ3) is 7.52. The quantitative estimate of drug-likeness (QED) is 0.245. The number of hydrogen-bond donors (Lipinski definition) is 4. The number of unbranched alkanes of at least 4 members (excludes halogenated alkanes) is 1. The largest absolute Gasteiger partial charge is 0.392 e. The lowest BCUT2D eigenvalue weighted by Gasteiger charge is -2.25. The second-order valence-electron chi connectivity index (χ2n) is 11.2. The molecule has 13 heteroatoms. The van der Waals surface area contributed by atoms with Crippen LogP contribution in [-0.2, 0) is 32.8 Å². The minimum Gasteiger partial charge on any atom is -0.392 e. The van der Waals surface area contributed by atoms with Crippen molar-refractivity contribution in [2.75, 3.05) is 26.2 Å². The van der Waals surface area contributed by atoms with Crippen LogP contribution in [0.3, 0.4) is 0 Å². The number of likely N-dealkylation sites (tertiary alicyclic amines) is 1. The third-order valence-electron chi connectivity index (χ3n) is 7.82. The summed E-state index contributed by atoms with van der Waals surface area (Å²) >= 11 is 0. The van der Waals surface area contributed by atoms with Crippen LogP contribution < -0.4 is 16.9 Å². The van der Waals surface area contributed by atoms with Crippen molar-refractivity contribution >= 4 is 22.0 Å². The Morgan fingerprint density at radius 2 is 1.79 bits per heavy atom. The number of amides is 2. The molecule has 2 aromatic carbocycles. The van der Waals surface area contributed by atoms with E-state index in [9.17, 15) is 27.5 Å². The third-order valence-corrected chi connectivity index (χ3v) is 9.65. The molecular formula is C29H41FN6O5S. The first-order valence-corrected chi connectivity index (χ1v) is 15.7. The molecule has 2 aromatic rings. The van der Waals surface area contributed by atoms with Crippen molar-refractivity contribution in [2.24, 2.45) is 23.3 Å². The first kappa shape index (κ1) is 32.0. The molecule has 0 spiro atoms. The zero-order chi connectivity index (χ0) is 30.4. The molecule has 0 bridgehead atoms. The van der Waals surface area contributed by atoms with Crippen LogP contribution in [0, 0.1) is 17.7 Å². The van der Waals surface area contributed by atoms with Gasteiger partial charge in [0.15, 0.2) is 0 Å². The van der Waals surface area contributed by atoms with Gasteiger partial charge >= 0.3 is 0 Å². The molecule has 5 atom stereocenters. The van der Waals surface area contributed by atoms with Gasteiger partial charge in [0.25, 0.3) is 10.2 Å². The number of carbonyl (C=O) groups is 2. The van der Waals surface area contributed by atoms with E-state index in [1.807, 2.05) is 30.3 Å². The number of aliphatic hydroxyl groups is 1. The minimum absolute atomic E-state index is 0.000627. The zero-order valence-electron chi connectivity index (χ0n) is 23.8. The molecule has 0 aromatic heterocycles. The summed E-state index contributed by atoms with van der Waals surface area (Å²) in [6.07, 6.45) is 0.800. The summed E-state index contributed by atoms with van der Waals surface area (Å²) in [5.74, 6) is -3.56. The first-order chi connectivity index (χ1) is 20.0. The molecule has 1 unspecified atom stereocenters. The zero-order valence-corrected chi connectivity index (χ0v) is 24.6. The molecule has 2 fully saturated rings. The standard InChI is InChI=1S/C29H41FN6O5S/c1-20(32)16-35-24(15-21-7-3-2-4-8-21)18-36(42(35,40)41)33-28(38)25-19-34(17-22-10-12-23(30)13-11-22)29(39)27(25)26(37)9-5-6-14-31/h2-4,7-8,10-13,20,24-27,37H,5-6,9,14-19,31-32H2,1H3,(H,33,38)/t20-,24+,25+,26?,27-/m1/s1. The average molecular weight is 605 g/mol. The molecule has 6 N–H and O–H groups in total. The first-order valence-electron chi connectivity index (χ1n) is 14.3. The summed E-state index contributed by atoms with van der Waals surface area (Å²) in [4.78, 5) is 28.6. The molecule has 2 amide bonds. The van der Waals surface area contributed by atoms with Gasteiger partial charge in [-0.3, -0.25) is 15.0 Å². The summed E-state index contributed by atoms with van der Waals surface area (Å²) in [6.45, 7) is 2.32. The van der Waals surface area contributed by atoms with Crippen LogP contribution in [0.15, 0.2) is 54.6 Å². The Labute approximate surface area is 246 Å². The fourth-order valence-electron chi connectivity index (χ4n) is 5.71. The van der Waals surface area contributed by atoms with Gasteiger partial charge < -0.3 is 21.5 Å². The van der Waals surface area contributed by atoms with Crippen molar-refractivity contribution in [2.45, 2.75) is 57.3 Å². The molecule has 0 aliphatic carbocycles. The van der Waals surface area contributed by atoms with Gasteiger partial charge in [-0.05, 0) is 62.4 Å². The van der Waals surface area contributed by atoms with Gasteiger partial charge in [0.2, 0.25) is 11.8 Å². The highest BCUT2D eigenvalue weighted by Crippen LogP contribution is 2.32. The highest BCUT2D eigenvalue weighted by atomic mass is 32.2. The number of nitrogens with zero attached hydrogens (tertiary/aromatic N) is 3. The second-order valence-corrected chi connectivity index (χ2v) is 13.0. The Kier molecular flexibility index (Phi) is 10.7. The van der Waals surface area contributed by atoms with E-state index in [0.29, 0.717) is 31.4 Å². The van der Waals surface area contributed by atoms with Crippen LogP contribution in [0.25, 0.3) is 0 Å². The summed E-state index contributed by atoms with van der Waals surface area (Å²) < 4.78 is 42.8. The Hall–Kier alpha value is -2.94. The summed E-state index contributed by atoms with van der Waals surface area (Å²) in [6, 6.07) is 14.2. The Morgan fingerprint density at radius 1 is 1.10 bits per heavy atom. The van der Waals surface area contributed by atoms with Gasteiger partial charge in [0.1, 0.15) is 5.82 Å². The fourth-order valence-corrected chi connectivity index (χ4v) is 7.47. The summed E-state index contributed by atoms with van der Waals surface area (Å²) in [5.41, 5.74) is 15.7. The molecule has 230 valence electrons. The van der Waals surface area contributed by atoms with Gasteiger partial charge in [0.05, 0.1) is 24.5 Å². The second kappa shape index (κ2) is 14.0. The van der Waals surface area contributed by atoms with E-state index in [1.54, 1.807) is 19.1 Å². The fraction of sp³-hybridized carbons (Fsp3) is 0.517. The lowest BCUT2D eigenvalue weighted by molar-refractivity contribution is -0.138. The molecule has 42 heavy (non-hydrogen) atoms. The average Bonchev–Trinajstić information content (AvgIpc) is 3.38. The molecular weight excluding hydrogens is 563 g/mol. The highest BCUT2D eigenvalue weighted by molar-refractivity contribution is 7.87. The maximum absolute atomic E-state index is 13.7. The van der Waals surface area contributed by atoms with Crippen molar-refractivity contribution in [3.63, 3.8) is 0 Å². The number of nitrogens with one attached hydrogen (secondary N) is 1. The van der Waals surface area contributed by atoms with E-state index in [-0.39, 0.29) is 32.6 Å². The molecule has 2 aliphatic heterocycles. The van der Waals surface area contributed by atoms with Crippen molar-refractivity contribution in [3.05, 3.63) is 71.5 Å². The van der Waals surface area contributed by atoms with Crippen LogP contribution in [-0.4, -0.2) is 83.3 Å². The monoisotopic (exact) mass is 604 g/mol. The number of hydrogen-bond acceptors (Lipinski definition) is 7. The van der Waals surface area contributed by atoms with Crippen molar-refractivity contribution < 1.29 is 27.5 Å². The normalized spacial score (nSPS) is 24.2. The topological polar surface area (TPSA) is 162 Å². The van der Waals surface area contributed by atoms with Gasteiger partial charge in [-0.25, -0.2) is 4.39 Å². The van der Waals surface area contributed by atoms with Gasteiger partial charge in [-0.1, -0.05) is 46.9 Å². The summed E-state index contributed by atoms with van der Waals surface area (Å²) in [5, 5.41) is 11.0. The number of hydrazine groups is 1. The van der Waals surface area contributed by atoms with Crippen LogP contribution in [0.4, 0.5) is 4.39 Å². The molecule has 4 rings (SSSR count). The molecule has 2 saturated heterocycles. The van der Waals surface area contributed by atoms with E-state index in [4.69, 9.17) is 11.5 Å². The van der Waals surface area contributed by atoms with Crippen LogP contribution in [0.2, 0.25) is 0 Å². The minimum atomic E-state index is -4.11. The molecule has 11 nitrogen and oxygen atoms in total. The maximum atomic E-state index is 13.7. The number of nitrogens with two attached hydrogens (primary N) is 2. The predicted octanol–water partition coefficient (Wildman–Crippen LogP) is 0.742. The van der Waals surface area contributed by atoms with Gasteiger partial charge in [-0.2, -0.15) is 12.7 Å². The molecule has 0 radical (unpaired) electrons. The van der Waals surface area contributed by atoms with Gasteiger partial charge in [0, 0.05) is 31.7 Å². The number of aliphatic hydroxyl groups excluding tert-OH is 1. The maximum Gasteiger partial charge on any atom is 0.299 e. The number of carbonyl (C=O) groups excluding carboxylic acids is 2. The summed E-state index contributed by atoms with van der Waals surface area (Å²) in [7, 11) is -4.11. The van der Waals surface area contributed by atoms with E-state index >= 15 is 0 Å². The lowest BCUT2D eigenvalue weighted by atomic mass is 9.87.